The van der Waals surface area contributed by atoms with Crippen molar-refractivity contribution in [3.05, 3.63) is 58.1 Å². The van der Waals surface area contributed by atoms with Gasteiger partial charge in [0.05, 0.1) is 10.6 Å². The van der Waals surface area contributed by atoms with Gasteiger partial charge in [0.2, 0.25) is 0 Å². The molecule has 0 aliphatic carbocycles. The SMILES string of the molecule is O=C(Nc1ccc(NC(=O)C2CCCO2)cc1)c1ccc(Cl)cc1Cl. The largest absolute Gasteiger partial charge is 0.368 e. The minimum atomic E-state index is -0.383. The van der Waals surface area contributed by atoms with E-state index in [0.29, 0.717) is 28.6 Å². The zero-order valence-electron chi connectivity index (χ0n) is 13.2. The van der Waals surface area contributed by atoms with Crippen molar-refractivity contribution in [3.63, 3.8) is 0 Å². The third-order valence-electron chi connectivity index (χ3n) is 3.81. The van der Waals surface area contributed by atoms with Crippen molar-refractivity contribution in [2.24, 2.45) is 0 Å². The van der Waals surface area contributed by atoms with Gasteiger partial charge in [-0.2, -0.15) is 0 Å². The summed E-state index contributed by atoms with van der Waals surface area (Å²) in [6.07, 6.45) is 1.25. The molecule has 0 bridgehead atoms. The van der Waals surface area contributed by atoms with Gasteiger partial charge in [0, 0.05) is 23.0 Å². The average Bonchev–Trinajstić information content (AvgIpc) is 3.11. The van der Waals surface area contributed by atoms with Gasteiger partial charge < -0.3 is 15.4 Å². The van der Waals surface area contributed by atoms with Crippen LogP contribution < -0.4 is 10.6 Å². The molecule has 1 atom stereocenters. The summed E-state index contributed by atoms with van der Waals surface area (Å²) in [6.45, 7) is 0.621. The minimum Gasteiger partial charge on any atom is -0.368 e. The van der Waals surface area contributed by atoms with Crippen molar-refractivity contribution in [3.8, 4) is 0 Å². The summed E-state index contributed by atoms with van der Waals surface area (Å²) >= 11 is 11.9. The number of carbonyl (C=O) groups excluding carboxylic acids is 2. The van der Waals surface area contributed by atoms with Crippen LogP contribution in [0, 0.1) is 0 Å². The Morgan fingerprint density at radius 2 is 1.68 bits per heavy atom. The van der Waals surface area contributed by atoms with Gasteiger partial charge in [-0.15, -0.1) is 0 Å². The molecule has 7 heteroatoms. The maximum Gasteiger partial charge on any atom is 0.257 e. The van der Waals surface area contributed by atoms with E-state index in [2.05, 4.69) is 10.6 Å². The molecule has 25 heavy (non-hydrogen) atoms. The summed E-state index contributed by atoms with van der Waals surface area (Å²) in [4.78, 5) is 24.3. The molecular weight excluding hydrogens is 363 g/mol. The van der Waals surface area contributed by atoms with E-state index < -0.39 is 0 Å². The van der Waals surface area contributed by atoms with E-state index in [-0.39, 0.29) is 22.9 Å². The van der Waals surface area contributed by atoms with Gasteiger partial charge in [-0.05, 0) is 55.3 Å². The summed E-state index contributed by atoms with van der Waals surface area (Å²) in [5, 5.41) is 6.30. The predicted octanol–water partition coefficient (Wildman–Crippen LogP) is 4.36. The number of hydrogen-bond acceptors (Lipinski definition) is 3. The Hall–Kier alpha value is -2.08. The highest BCUT2D eigenvalue weighted by atomic mass is 35.5. The van der Waals surface area contributed by atoms with Crippen LogP contribution in [0.5, 0.6) is 0 Å². The van der Waals surface area contributed by atoms with Gasteiger partial charge in [0.1, 0.15) is 6.10 Å². The first-order chi connectivity index (χ1) is 12.0. The maximum absolute atomic E-state index is 12.3. The molecule has 3 rings (SSSR count). The van der Waals surface area contributed by atoms with Crippen LogP contribution in [-0.2, 0) is 9.53 Å². The zero-order valence-corrected chi connectivity index (χ0v) is 14.7. The smallest absolute Gasteiger partial charge is 0.257 e. The molecule has 0 aromatic heterocycles. The number of halogens is 2. The molecule has 0 radical (unpaired) electrons. The average molecular weight is 379 g/mol. The fourth-order valence-corrected chi connectivity index (χ4v) is 3.01. The molecule has 1 fully saturated rings. The Kier molecular flexibility index (Phi) is 5.58. The van der Waals surface area contributed by atoms with Crippen molar-refractivity contribution >= 4 is 46.4 Å². The van der Waals surface area contributed by atoms with Gasteiger partial charge in [-0.3, -0.25) is 9.59 Å². The maximum atomic E-state index is 12.3. The monoisotopic (exact) mass is 378 g/mol. The number of carbonyl (C=O) groups is 2. The van der Waals surface area contributed by atoms with E-state index >= 15 is 0 Å². The fraction of sp³-hybridized carbons (Fsp3) is 0.222. The number of amides is 2. The normalized spacial score (nSPS) is 16.5. The highest BCUT2D eigenvalue weighted by Crippen LogP contribution is 2.23. The van der Waals surface area contributed by atoms with Crippen LogP contribution in [0.4, 0.5) is 11.4 Å². The second-order valence-corrected chi connectivity index (χ2v) is 6.49. The van der Waals surface area contributed by atoms with Gasteiger partial charge in [0.15, 0.2) is 0 Å². The lowest BCUT2D eigenvalue weighted by atomic mass is 10.2. The molecular formula is C18H16Cl2N2O3. The van der Waals surface area contributed by atoms with E-state index in [4.69, 9.17) is 27.9 Å². The first-order valence-electron chi connectivity index (χ1n) is 7.82. The predicted molar refractivity (Wildman–Crippen MR) is 98.5 cm³/mol. The number of anilines is 2. The van der Waals surface area contributed by atoms with Crippen LogP contribution in [0.15, 0.2) is 42.5 Å². The lowest BCUT2D eigenvalue weighted by molar-refractivity contribution is -0.124. The molecule has 1 aliphatic rings. The van der Waals surface area contributed by atoms with Crippen LogP contribution >= 0.6 is 23.2 Å². The van der Waals surface area contributed by atoms with Crippen molar-refractivity contribution in [2.75, 3.05) is 17.2 Å². The molecule has 2 amide bonds. The molecule has 0 saturated carbocycles. The molecule has 1 heterocycles. The molecule has 2 aromatic carbocycles. The lowest BCUT2D eigenvalue weighted by Gasteiger charge is -2.11. The summed E-state index contributed by atoms with van der Waals surface area (Å²) in [5.41, 5.74) is 1.57. The number of hydrogen-bond donors (Lipinski definition) is 2. The van der Waals surface area contributed by atoms with Gasteiger partial charge >= 0.3 is 0 Å². The zero-order chi connectivity index (χ0) is 17.8. The van der Waals surface area contributed by atoms with E-state index in [1.165, 1.54) is 6.07 Å². The highest BCUT2D eigenvalue weighted by molar-refractivity contribution is 6.37. The number of rotatable bonds is 4. The van der Waals surface area contributed by atoms with Crippen LogP contribution in [0.2, 0.25) is 10.0 Å². The van der Waals surface area contributed by atoms with Crippen molar-refractivity contribution in [2.45, 2.75) is 18.9 Å². The quantitative estimate of drug-likeness (QED) is 0.829. The third kappa shape index (κ3) is 4.51. The Morgan fingerprint density at radius 1 is 1.00 bits per heavy atom. The van der Waals surface area contributed by atoms with E-state index in [9.17, 15) is 9.59 Å². The van der Waals surface area contributed by atoms with Gasteiger partial charge in [-0.1, -0.05) is 23.2 Å². The fourth-order valence-electron chi connectivity index (χ4n) is 2.52. The third-order valence-corrected chi connectivity index (χ3v) is 4.36. The van der Waals surface area contributed by atoms with Gasteiger partial charge in [-0.25, -0.2) is 0 Å². The molecule has 130 valence electrons. The van der Waals surface area contributed by atoms with E-state index in [1.54, 1.807) is 36.4 Å². The minimum absolute atomic E-state index is 0.151. The lowest BCUT2D eigenvalue weighted by Crippen LogP contribution is -2.26. The Morgan fingerprint density at radius 3 is 2.28 bits per heavy atom. The molecule has 0 spiro atoms. The molecule has 1 aliphatic heterocycles. The van der Waals surface area contributed by atoms with E-state index in [1.807, 2.05) is 0 Å². The summed E-state index contributed by atoms with van der Waals surface area (Å²) < 4.78 is 5.34. The van der Waals surface area contributed by atoms with Crippen LogP contribution in [-0.4, -0.2) is 24.5 Å². The first kappa shape index (κ1) is 17.7. The van der Waals surface area contributed by atoms with Crippen LogP contribution in [0.3, 0.4) is 0 Å². The van der Waals surface area contributed by atoms with Crippen molar-refractivity contribution in [1.29, 1.82) is 0 Å². The first-order valence-corrected chi connectivity index (χ1v) is 8.57. The Labute approximate surface area is 155 Å². The second kappa shape index (κ2) is 7.87. The topological polar surface area (TPSA) is 67.4 Å². The van der Waals surface area contributed by atoms with E-state index in [0.717, 1.165) is 12.8 Å². The highest BCUT2D eigenvalue weighted by Gasteiger charge is 2.23. The number of nitrogens with one attached hydrogen (secondary N) is 2. The molecule has 2 aromatic rings. The number of benzene rings is 2. The Balaban J connectivity index is 1.62. The molecule has 2 N–H and O–H groups in total. The van der Waals surface area contributed by atoms with Crippen molar-refractivity contribution < 1.29 is 14.3 Å². The summed E-state index contributed by atoms with van der Waals surface area (Å²) in [6, 6.07) is 11.5. The number of ether oxygens (including phenoxy) is 1. The second-order valence-electron chi connectivity index (χ2n) is 5.65. The molecule has 1 saturated heterocycles. The summed E-state index contributed by atoms with van der Waals surface area (Å²) in [7, 11) is 0. The standard InChI is InChI=1S/C18H16Cl2N2O3/c19-11-3-8-14(15(20)10-11)17(23)21-12-4-6-13(7-5-12)22-18(24)16-2-1-9-25-16/h3-8,10,16H,1-2,9H2,(H,21,23)(H,22,24). The van der Waals surface area contributed by atoms with Crippen molar-refractivity contribution in [1.82, 2.24) is 0 Å². The van der Waals surface area contributed by atoms with Crippen LogP contribution in [0.25, 0.3) is 0 Å². The Bertz CT molecular complexity index is 787. The van der Waals surface area contributed by atoms with Gasteiger partial charge in [0.25, 0.3) is 11.8 Å². The molecule has 5 nitrogen and oxygen atoms in total. The van der Waals surface area contributed by atoms with Crippen LogP contribution in [0.1, 0.15) is 23.2 Å². The molecule has 1 unspecified atom stereocenters. The summed E-state index contributed by atoms with van der Waals surface area (Å²) in [5.74, 6) is -0.486.